The number of para-hydroxylation sites is 1. The fraction of sp³-hybridized carbons (Fsp3) is 0.250. The van der Waals surface area contributed by atoms with Crippen molar-refractivity contribution in [2.75, 3.05) is 17.2 Å². The van der Waals surface area contributed by atoms with Crippen LogP contribution in [0.5, 0.6) is 5.75 Å². The summed E-state index contributed by atoms with van der Waals surface area (Å²) in [6.45, 7) is 2.47. The maximum absolute atomic E-state index is 12.3. The Morgan fingerprint density at radius 1 is 1.11 bits per heavy atom. The molecule has 1 aliphatic rings. The summed E-state index contributed by atoms with van der Waals surface area (Å²) >= 11 is 0. The predicted molar refractivity (Wildman–Crippen MR) is 102 cm³/mol. The normalized spacial score (nSPS) is 15.8. The predicted octanol–water partition coefficient (Wildman–Crippen LogP) is 2.55. The van der Waals surface area contributed by atoms with Crippen molar-refractivity contribution in [3.05, 3.63) is 54.1 Å². The van der Waals surface area contributed by atoms with Gasteiger partial charge in [-0.2, -0.15) is 0 Å². The lowest BCUT2D eigenvalue weighted by Gasteiger charge is -2.14. The van der Waals surface area contributed by atoms with E-state index in [2.05, 4.69) is 16.0 Å². The zero-order valence-corrected chi connectivity index (χ0v) is 15.0. The fourth-order valence-electron chi connectivity index (χ4n) is 2.81. The molecule has 27 heavy (non-hydrogen) atoms. The van der Waals surface area contributed by atoms with Crippen LogP contribution in [0.4, 0.5) is 11.4 Å². The number of rotatable bonds is 6. The van der Waals surface area contributed by atoms with Crippen molar-refractivity contribution in [2.45, 2.75) is 25.8 Å². The minimum atomic E-state index is -0.768. The Labute approximate surface area is 157 Å². The molecule has 7 heteroatoms. The monoisotopic (exact) mass is 367 g/mol. The molecule has 3 rings (SSSR count). The van der Waals surface area contributed by atoms with Gasteiger partial charge in [0.15, 0.2) is 0 Å². The number of hydrogen-bond donors (Lipinski definition) is 3. The number of amides is 3. The van der Waals surface area contributed by atoms with Crippen molar-refractivity contribution in [1.29, 1.82) is 0 Å². The van der Waals surface area contributed by atoms with Crippen LogP contribution in [0.15, 0.2) is 48.5 Å². The van der Waals surface area contributed by atoms with Gasteiger partial charge in [0.2, 0.25) is 11.8 Å². The maximum Gasteiger partial charge on any atom is 0.254 e. The molecule has 140 valence electrons. The lowest BCUT2D eigenvalue weighted by atomic mass is 10.1. The van der Waals surface area contributed by atoms with Gasteiger partial charge in [-0.3, -0.25) is 14.4 Å². The van der Waals surface area contributed by atoms with E-state index in [4.69, 9.17) is 4.74 Å². The molecule has 0 aromatic heterocycles. The molecule has 0 radical (unpaired) electrons. The van der Waals surface area contributed by atoms with Gasteiger partial charge in [-0.1, -0.05) is 12.1 Å². The van der Waals surface area contributed by atoms with Crippen molar-refractivity contribution < 1.29 is 19.1 Å². The number of anilines is 2. The molecular formula is C20H21N3O4. The first kappa shape index (κ1) is 18.4. The van der Waals surface area contributed by atoms with Crippen molar-refractivity contribution in [2.24, 2.45) is 0 Å². The molecule has 1 atom stereocenters. The SMILES string of the molecule is CCOc1ccc(NC(=O)CCC2NC(=O)c3ccccc3NC2=O)cc1. The molecule has 2 aromatic carbocycles. The Morgan fingerprint density at radius 3 is 2.59 bits per heavy atom. The van der Waals surface area contributed by atoms with E-state index in [0.717, 1.165) is 5.75 Å². The standard InChI is InChI=1S/C20H21N3O4/c1-2-27-14-9-7-13(8-10-14)21-18(24)12-11-17-20(26)22-16-6-4-3-5-15(16)19(25)23-17/h3-10,17H,2,11-12H2,1H3,(H,21,24)(H,22,26)(H,23,25). The largest absolute Gasteiger partial charge is 0.494 e. The molecule has 7 nitrogen and oxygen atoms in total. The molecule has 1 unspecified atom stereocenters. The van der Waals surface area contributed by atoms with Crippen LogP contribution in [0.1, 0.15) is 30.1 Å². The molecule has 1 heterocycles. The van der Waals surface area contributed by atoms with Crippen molar-refractivity contribution in [3.8, 4) is 5.75 Å². The number of benzene rings is 2. The van der Waals surface area contributed by atoms with Gasteiger partial charge < -0.3 is 20.7 Å². The third-order valence-corrected chi connectivity index (χ3v) is 4.16. The second-order valence-corrected chi connectivity index (χ2v) is 6.11. The number of carbonyl (C=O) groups is 3. The molecule has 0 fully saturated rings. The van der Waals surface area contributed by atoms with E-state index in [0.29, 0.717) is 23.5 Å². The van der Waals surface area contributed by atoms with Gasteiger partial charge >= 0.3 is 0 Å². The highest BCUT2D eigenvalue weighted by molar-refractivity contribution is 6.09. The topological polar surface area (TPSA) is 96.5 Å². The van der Waals surface area contributed by atoms with Gasteiger partial charge in [-0.05, 0) is 49.7 Å². The molecule has 3 amide bonds. The van der Waals surface area contributed by atoms with Crippen LogP contribution in [0.3, 0.4) is 0 Å². The van der Waals surface area contributed by atoms with E-state index in [-0.39, 0.29) is 30.6 Å². The first-order valence-corrected chi connectivity index (χ1v) is 8.80. The summed E-state index contributed by atoms with van der Waals surface area (Å²) in [5, 5.41) is 8.18. The van der Waals surface area contributed by atoms with E-state index < -0.39 is 6.04 Å². The Balaban J connectivity index is 1.55. The molecule has 3 N–H and O–H groups in total. The lowest BCUT2D eigenvalue weighted by Crippen LogP contribution is -2.41. The molecule has 1 aliphatic heterocycles. The molecule has 2 aromatic rings. The summed E-state index contributed by atoms with van der Waals surface area (Å²) in [5.41, 5.74) is 1.53. The van der Waals surface area contributed by atoms with E-state index in [1.807, 2.05) is 6.92 Å². The third-order valence-electron chi connectivity index (χ3n) is 4.16. The first-order chi connectivity index (χ1) is 13.1. The molecule has 0 saturated carbocycles. The summed E-state index contributed by atoms with van der Waals surface area (Å²) in [6, 6.07) is 13.1. The fourth-order valence-corrected chi connectivity index (χ4v) is 2.81. The Bertz CT molecular complexity index is 849. The summed E-state index contributed by atoms with van der Waals surface area (Å²) in [4.78, 5) is 36.8. The first-order valence-electron chi connectivity index (χ1n) is 8.80. The molecule has 0 saturated heterocycles. The molecule has 0 aliphatic carbocycles. The van der Waals surface area contributed by atoms with E-state index in [9.17, 15) is 14.4 Å². The van der Waals surface area contributed by atoms with Crippen molar-refractivity contribution >= 4 is 29.1 Å². The van der Waals surface area contributed by atoms with Crippen LogP contribution in [0, 0.1) is 0 Å². The number of carbonyl (C=O) groups excluding carboxylic acids is 3. The zero-order valence-electron chi connectivity index (χ0n) is 15.0. The van der Waals surface area contributed by atoms with Gasteiger partial charge in [0.25, 0.3) is 5.91 Å². The molecule has 0 bridgehead atoms. The van der Waals surface area contributed by atoms with Crippen LogP contribution >= 0.6 is 0 Å². The van der Waals surface area contributed by atoms with Gasteiger partial charge in [-0.15, -0.1) is 0 Å². The summed E-state index contributed by atoms with van der Waals surface area (Å²) in [5.74, 6) is -0.168. The van der Waals surface area contributed by atoms with Crippen LogP contribution in [0.25, 0.3) is 0 Å². The minimum absolute atomic E-state index is 0.0991. The Kier molecular flexibility index (Phi) is 5.71. The second kappa shape index (κ2) is 8.35. The van der Waals surface area contributed by atoms with Gasteiger partial charge in [0.1, 0.15) is 11.8 Å². The van der Waals surface area contributed by atoms with Gasteiger partial charge in [-0.25, -0.2) is 0 Å². The minimum Gasteiger partial charge on any atom is -0.494 e. The van der Waals surface area contributed by atoms with Gasteiger partial charge in [0.05, 0.1) is 17.9 Å². The second-order valence-electron chi connectivity index (χ2n) is 6.11. The highest BCUT2D eigenvalue weighted by Crippen LogP contribution is 2.20. The number of nitrogens with one attached hydrogen (secondary N) is 3. The van der Waals surface area contributed by atoms with Crippen LogP contribution in [-0.2, 0) is 9.59 Å². The average Bonchev–Trinajstić information content (AvgIpc) is 2.78. The van der Waals surface area contributed by atoms with Crippen LogP contribution in [0.2, 0.25) is 0 Å². The quantitative estimate of drug-likeness (QED) is 0.731. The van der Waals surface area contributed by atoms with E-state index >= 15 is 0 Å². The maximum atomic E-state index is 12.3. The van der Waals surface area contributed by atoms with E-state index in [1.54, 1.807) is 48.5 Å². The third kappa shape index (κ3) is 4.63. The Morgan fingerprint density at radius 2 is 1.85 bits per heavy atom. The zero-order chi connectivity index (χ0) is 19.2. The molecule has 0 spiro atoms. The van der Waals surface area contributed by atoms with E-state index in [1.165, 1.54) is 0 Å². The lowest BCUT2D eigenvalue weighted by molar-refractivity contribution is -0.118. The number of hydrogen-bond acceptors (Lipinski definition) is 4. The summed E-state index contributed by atoms with van der Waals surface area (Å²) in [6.07, 6.45) is 0.302. The Hall–Kier alpha value is -3.35. The smallest absolute Gasteiger partial charge is 0.254 e. The van der Waals surface area contributed by atoms with Crippen molar-refractivity contribution in [3.63, 3.8) is 0 Å². The van der Waals surface area contributed by atoms with Crippen LogP contribution in [-0.4, -0.2) is 30.4 Å². The summed E-state index contributed by atoms with van der Waals surface area (Å²) < 4.78 is 5.36. The highest BCUT2D eigenvalue weighted by Gasteiger charge is 2.27. The molecular weight excluding hydrogens is 346 g/mol. The average molecular weight is 367 g/mol. The van der Waals surface area contributed by atoms with Crippen molar-refractivity contribution in [1.82, 2.24) is 5.32 Å². The summed E-state index contributed by atoms with van der Waals surface area (Å²) in [7, 11) is 0. The highest BCUT2D eigenvalue weighted by atomic mass is 16.5. The number of fused-ring (bicyclic) bond motifs is 1. The van der Waals surface area contributed by atoms with Crippen LogP contribution < -0.4 is 20.7 Å². The van der Waals surface area contributed by atoms with Gasteiger partial charge in [0, 0.05) is 12.1 Å². The number of ether oxygens (including phenoxy) is 1.